The van der Waals surface area contributed by atoms with Crippen molar-refractivity contribution in [2.45, 2.75) is 29.7 Å². The lowest BCUT2D eigenvalue weighted by Crippen LogP contribution is -2.32. The molecule has 12 heteroatoms. The fourth-order valence-corrected chi connectivity index (χ4v) is 7.71. The first-order valence-electron chi connectivity index (χ1n) is 12.6. The van der Waals surface area contributed by atoms with Crippen LogP contribution in [0.25, 0.3) is 0 Å². The number of anilines is 1. The van der Waals surface area contributed by atoms with E-state index in [0.29, 0.717) is 33.6 Å². The van der Waals surface area contributed by atoms with Gasteiger partial charge in [-0.05, 0) is 42.3 Å². The number of nitrogens with zero attached hydrogens (tertiary/aromatic N) is 2. The zero-order chi connectivity index (χ0) is 28.8. The van der Waals surface area contributed by atoms with E-state index in [1.165, 1.54) is 31.4 Å². The van der Waals surface area contributed by atoms with Crippen LogP contribution in [0.15, 0.2) is 76.6 Å². The highest BCUT2D eigenvalue weighted by atomic mass is 32.2. The topological polar surface area (TPSA) is 132 Å². The Kier molecular flexibility index (Phi) is 6.88. The zero-order valence-electron chi connectivity index (χ0n) is 21.9. The van der Waals surface area contributed by atoms with Gasteiger partial charge in [-0.15, -0.1) is 0 Å². The van der Waals surface area contributed by atoms with Gasteiger partial charge >= 0.3 is 4.87 Å². The third-order valence-electron chi connectivity index (χ3n) is 7.20. The van der Waals surface area contributed by atoms with Crippen LogP contribution >= 0.6 is 23.1 Å². The summed E-state index contributed by atoms with van der Waals surface area (Å²) in [6, 6.07) is 18.7. The number of thioether (sulfide) groups is 1. The zero-order valence-corrected chi connectivity index (χ0v) is 23.5. The molecule has 0 bridgehead atoms. The lowest BCUT2D eigenvalue weighted by atomic mass is 9.83. The molecule has 2 aliphatic rings. The fraction of sp³-hybridized carbons (Fsp3) is 0.207. The number of imide groups is 1. The number of benzene rings is 3. The number of nitro benzene ring substituents is 1. The minimum absolute atomic E-state index is 0.144. The third-order valence-corrected chi connectivity index (χ3v) is 9.61. The Morgan fingerprint density at radius 1 is 0.976 bits per heavy atom. The number of amides is 2. The molecule has 208 valence electrons. The molecule has 0 radical (unpaired) electrons. The highest BCUT2D eigenvalue weighted by Crippen LogP contribution is 2.53. The number of nitro groups is 1. The molecule has 1 aromatic heterocycles. The summed E-state index contributed by atoms with van der Waals surface area (Å²) in [4.78, 5) is 54.7. The molecule has 1 N–H and O–H groups in total. The van der Waals surface area contributed by atoms with Crippen LogP contribution in [0.1, 0.15) is 27.5 Å². The SMILES string of the molecule is COc1cc([C@H]2c3sc(=O)[nH]c3SC3C(=O)N(c4ccc([N+](=O)[O-])cc4)C(=O)C32)ccc1OCc1ccc(C)cc1. The number of H-pyrrole nitrogens is 1. The summed E-state index contributed by atoms with van der Waals surface area (Å²) in [5, 5.41) is 10.9. The number of aryl methyl sites for hydroxylation is 1. The van der Waals surface area contributed by atoms with Crippen molar-refractivity contribution in [1.29, 1.82) is 0 Å². The van der Waals surface area contributed by atoms with E-state index in [-0.39, 0.29) is 16.2 Å². The molecule has 1 saturated heterocycles. The molecule has 3 heterocycles. The Bertz CT molecular complexity index is 1730. The molecular weight excluding hydrogens is 566 g/mol. The number of methoxy groups -OCH3 is 1. The number of aromatic amines is 1. The third kappa shape index (κ3) is 4.78. The largest absolute Gasteiger partial charge is 0.493 e. The number of hydrogen-bond donors (Lipinski definition) is 1. The van der Waals surface area contributed by atoms with Crippen LogP contribution in [0, 0.1) is 23.0 Å². The quantitative estimate of drug-likeness (QED) is 0.180. The molecule has 41 heavy (non-hydrogen) atoms. The molecule has 4 aromatic rings. The second-order valence-electron chi connectivity index (χ2n) is 9.72. The van der Waals surface area contributed by atoms with Gasteiger partial charge in [0.05, 0.1) is 28.7 Å². The van der Waals surface area contributed by atoms with Crippen molar-refractivity contribution in [3.05, 3.63) is 108 Å². The van der Waals surface area contributed by atoms with Crippen molar-refractivity contribution in [2.75, 3.05) is 12.0 Å². The Labute approximate surface area is 242 Å². The molecule has 0 aliphatic carbocycles. The second kappa shape index (κ2) is 10.5. The lowest BCUT2D eigenvalue weighted by Gasteiger charge is -2.30. The van der Waals surface area contributed by atoms with Gasteiger partial charge in [0.2, 0.25) is 11.8 Å². The number of aromatic nitrogens is 1. The van der Waals surface area contributed by atoms with E-state index in [4.69, 9.17) is 9.47 Å². The van der Waals surface area contributed by atoms with Crippen LogP contribution in [0.4, 0.5) is 11.4 Å². The number of carbonyl (C=O) groups is 2. The van der Waals surface area contributed by atoms with Crippen LogP contribution in [0.5, 0.6) is 11.5 Å². The Hall–Kier alpha value is -4.42. The minimum atomic E-state index is -0.800. The maximum Gasteiger partial charge on any atom is 0.305 e. The van der Waals surface area contributed by atoms with Crippen molar-refractivity contribution >= 4 is 46.3 Å². The Balaban J connectivity index is 1.36. The molecule has 0 saturated carbocycles. The van der Waals surface area contributed by atoms with E-state index >= 15 is 0 Å². The standard InChI is InChI=1S/C29H23N3O7S2/c1-15-3-5-16(6-4-15)14-39-20-12-7-17(13-21(20)38-2)22-23-25(40-26-24(22)41-29(35)30-26)28(34)31(27(23)33)18-8-10-19(11-9-18)32(36)37/h3-13,22-23,25H,14H2,1-2H3,(H,30,35)/t22-,23?,25?/m1/s1. The summed E-state index contributed by atoms with van der Waals surface area (Å²) in [6.07, 6.45) is 0. The average Bonchev–Trinajstić information content (AvgIpc) is 3.46. The molecule has 3 atom stereocenters. The van der Waals surface area contributed by atoms with Crippen molar-refractivity contribution in [3.8, 4) is 11.5 Å². The summed E-state index contributed by atoms with van der Waals surface area (Å²) in [5.74, 6) is -1.30. The normalized spacial score (nSPS) is 19.6. The van der Waals surface area contributed by atoms with Crippen LogP contribution in [-0.2, 0) is 16.2 Å². The highest BCUT2D eigenvalue weighted by Gasteiger charge is 2.56. The maximum atomic E-state index is 13.9. The van der Waals surface area contributed by atoms with Crippen LogP contribution in [-0.4, -0.2) is 34.1 Å². The van der Waals surface area contributed by atoms with Gasteiger partial charge in [-0.3, -0.25) is 24.5 Å². The number of ether oxygens (including phenoxy) is 2. The van der Waals surface area contributed by atoms with Gasteiger partial charge in [0, 0.05) is 22.9 Å². The first kappa shape index (κ1) is 26.8. The molecule has 2 aliphatic heterocycles. The van der Waals surface area contributed by atoms with Crippen molar-refractivity contribution in [1.82, 2.24) is 4.98 Å². The smallest absolute Gasteiger partial charge is 0.305 e. The first-order chi connectivity index (χ1) is 19.7. The van der Waals surface area contributed by atoms with Gasteiger partial charge in [-0.1, -0.05) is 59.0 Å². The van der Waals surface area contributed by atoms with E-state index in [1.807, 2.05) is 37.3 Å². The number of nitrogens with one attached hydrogen (secondary N) is 1. The van der Waals surface area contributed by atoms with Gasteiger partial charge in [-0.2, -0.15) is 0 Å². The Morgan fingerprint density at radius 2 is 1.71 bits per heavy atom. The monoisotopic (exact) mass is 589 g/mol. The lowest BCUT2D eigenvalue weighted by molar-refractivity contribution is -0.384. The summed E-state index contributed by atoms with van der Waals surface area (Å²) in [6.45, 7) is 2.35. The van der Waals surface area contributed by atoms with E-state index in [9.17, 15) is 24.5 Å². The van der Waals surface area contributed by atoms with Gasteiger partial charge in [-0.25, -0.2) is 4.90 Å². The van der Waals surface area contributed by atoms with Crippen molar-refractivity contribution in [3.63, 3.8) is 0 Å². The number of thiazole rings is 1. The highest BCUT2D eigenvalue weighted by molar-refractivity contribution is 8.00. The number of carbonyl (C=O) groups excluding carboxylic acids is 2. The predicted molar refractivity (Wildman–Crippen MR) is 154 cm³/mol. The Morgan fingerprint density at radius 3 is 2.39 bits per heavy atom. The van der Waals surface area contributed by atoms with Crippen molar-refractivity contribution in [2.24, 2.45) is 5.92 Å². The predicted octanol–water partition coefficient (Wildman–Crippen LogP) is 5.04. The average molecular weight is 590 g/mol. The first-order valence-corrected chi connectivity index (χ1v) is 14.3. The van der Waals surface area contributed by atoms with E-state index in [1.54, 1.807) is 12.1 Å². The van der Waals surface area contributed by atoms with Crippen LogP contribution in [0.2, 0.25) is 0 Å². The molecule has 0 spiro atoms. The van der Waals surface area contributed by atoms with Crippen LogP contribution < -0.4 is 19.2 Å². The molecular formula is C29H23N3O7S2. The summed E-state index contributed by atoms with van der Waals surface area (Å²) < 4.78 is 11.7. The van der Waals surface area contributed by atoms with Gasteiger partial charge in [0.25, 0.3) is 5.69 Å². The van der Waals surface area contributed by atoms with Crippen molar-refractivity contribution < 1.29 is 24.0 Å². The van der Waals surface area contributed by atoms with E-state index in [0.717, 1.165) is 39.1 Å². The number of hydrogen-bond acceptors (Lipinski definition) is 9. The summed E-state index contributed by atoms with van der Waals surface area (Å²) in [5.41, 5.74) is 2.96. The molecule has 2 unspecified atom stereocenters. The number of non-ortho nitro benzene ring substituents is 1. The summed E-state index contributed by atoms with van der Waals surface area (Å²) >= 11 is 2.18. The minimum Gasteiger partial charge on any atom is -0.493 e. The molecule has 2 amide bonds. The van der Waals surface area contributed by atoms with Gasteiger partial charge in [0.15, 0.2) is 11.5 Å². The molecule has 1 fully saturated rings. The van der Waals surface area contributed by atoms with E-state index < -0.39 is 33.8 Å². The number of fused-ring (bicyclic) bond motifs is 2. The van der Waals surface area contributed by atoms with Gasteiger partial charge < -0.3 is 14.5 Å². The number of rotatable bonds is 7. The summed E-state index contributed by atoms with van der Waals surface area (Å²) in [7, 11) is 1.53. The van der Waals surface area contributed by atoms with E-state index in [2.05, 4.69) is 4.98 Å². The molecule has 10 nitrogen and oxygen atoms in total. The van der Waals surface area contributed by atoms with Gasteiger partial charge in [0.1, 0.15) is 11.9 Å². The fourth-order valence-electron chi connectivity index (χ4n) is 5.20. The van der Waals surface area contributed by atoms with Crippen LogP contribution in [0.3, 0.4) is 0 Å². The molecule has 6 rings (SSSR count). The second-order valence-corrected chi connectivity index (χ2v) is 11.9. The maximum absolute atomic E-state index is 13.9. The molecule has 3 aromatic carbocycles.